The smallest absolute Gasteiger partial charge is 0.00201 e. The lowest BCUT2D eigenvalue weighted by molar-refractivity contribution is 1.51. The Kier molecular flexibility index (Phi) is 4.24. The van der Waals surface area contributed by atoms with Crippen molar-refractivity contribution in [3.05, 3.63) is 133 Å². The summed E-state index contributed by atoms with van der Waals surface area (Å²) in [5.74, 6) is 0. The summed E-state index contributed by atoms with van der Waals surface area (Å²) in [6.45, 7) is 2.19. The molecule has 0 atom stereocenters. The molecular weight excluding hydrogens is 444 g/mol. The molecule has 0 bridgehead atoms. The van der Waals surface area contributed by atoms with Crippen LogP contribution in [0.5, 0.6) is 0 Å². The van der Waals surface area contributed by atoms with Gasteiger partial charge >= 0.3 is 0 Å². The summed E-state index contributed by atoms with van der Waals surface area (Å²) in [5.41, 5.74) is 6.48. The zero-order chi connectivity index (χ0) is 24.5. The van der Waals surface area contributed by atoms with E-state index in [1.807, 2.05) is 0 Å². The third-order valence-corrected chi connectivity index (χ3v) is 8.04. The summed E-state index contributed by atoms with van der Waals surface area (Å²) >= 11 is 0. The van der Waals surface area contributed by atoms with Gasteiger partial charge in [-0.3, -0.25) is 0 Å². The summed E-state index contributed by atoms with van der Waals surface area (Å²) in [5, 5.41) is 13.2. The molecule has 0 heterocycles. The number of fused-ring (bicyclic) bond motifs is 2. The Balaban J connectivity index is 1.59. The Morgan fingerprint density at radius 1 is 0.378 bits per heavy atom. The molecule has 0 aliphatic heterocycles. The van der Waals surface area contributed by atoms with Crippen LogP contribution in [0.25, 0.3) is 76.1 Å². The summed E-state index contributed by atoms with van der Waals surface area (Å²) < 4.78 is 0. The van der Waals surface area contributed by atoms with Gasteiger partial charge < -0.3 is 0 Å². The first-order chi connectivity index (χ1) is 18.3. The second-order valence-corrected chi connectivity index (χ2v) is 10.2. The Labute approximate surface area is 215 Å². The maximum atomic E-state index is 2.36. The van der Waals surface area contributed by atoms with Gasteiger partial charge in [0, 0.05) is 0 Å². The average Bonchev–Trinajstić information content (AvgIpc) is 2.95. The molecule has 0 amide bonds. The lowest BCUT2D eigenvalue weighted by Gasteiger charge is -2.20. The molecule has 0 saturated carbocycles. The third-order valence-electron chi connectivity index (χ3n) is 8.04. The van der Waals surface area contributed by atoms with E-state index in [0.29, 0.717) is 0 Å². The fourth-order valence-corrected chi connectivity index (χ4v) is 6.45. The molecular formula is C37H24. The van der Waals surface area contributed by atoms with Crippen LogP contribution in [-0.4, -0.2) is 0 Å². The van der Waals surface area contributed by atoms with Crippen LogP contribution in [0.15, 0.2) is 127 Å². The topological polar surface area (TPSA) is 0 Å². The SMILES string of the molecule is Cc1ccc2c(-c3ccc4ccc5cccc6ccc3c4c56)c3ccccc3c(-c3ccccc3)c2c1. The molecule has 0 aromatic heterocycles. The van der Waals surface area contributed by atoms with Crippen LogP contribution < -0.4 is 0 Å². The normalized spacial score (nSPS) is 11.9. The average molecular weight is 469 g/mol. The van der Waals surface area contributed by atoms with Crippen molar-refractivity contribution < 1.29 is 0 Å². The Morgan fingerprint density at radius 3 is 1.76 bits per heavy atom. The van der Waals surface area contributed by atoms with Crippen LogP contribution in [-0.2, 0) is 0 Å². The summed E-state index contributed by atoms with van der Waals surface area (Å²) in [6.07, 6.45) is 0. The van der Waals surface area contributed by atoms with Crippen LogP contribution in [0.1, 0.15) is 5.56 Å². The van der Waals surface area contributed by atoms with Gasteiger partial charge in [0.05, 0.1) is 0 Å². The highest BCUT2D eigenvalue weighted by Crippen LogP contribution is 2.47. The number of hydrogen-bond acceptors (Lipinski definition) is 0. The van der Waals surface area contributed by atoms with E-state index in [2.05, 4.69) is 134 Å². The van der Waals surface area contributed by atoms with E-state index in [1.54, 1.807) is 0 Å². The van der Waals surface area contributed by atoms with Gasteiger partial charge in [0.25, 0.3) is 0 Å². The van der Waals surface area contributed by atoms with Gasteiger partial charge in [0.15, 0.2) is 0 Å². The van der Waals surface area contributed by atoms with E-state index >= 15 is 0 Å². The predicted molar refractivity (Wildman–Crippen MR) is 161 cm³/mol. The maximum Gasteiger partial charge on any atom is -0.00201 e. The highest BCUT2D eigenvalue weighted by Gasteiger charge is 2.19. The molecule has 0 radical (unpaired) electrons. The van der Waals surface area contributed by atoms with E-state index < -0.39 is 0 Å². The van der Waals surface area contributed by atoms with Crippen molar-refractivity contribution in [3.8, 4) is 22.3 Å². The molecule has 0 N–H and O–H groups in total. The van der Waals surface area contributed by atoms with Gasteiger partial charge in [-0.1, -0.05) is 133 Å². The molecule has 8 aromatic rings. The molecule has 0 aliphatic rings. The lowest BCUT2D eigenvalue weighted by atomic mass is 9.83. The largest absolute Gasteiger partial charge is 0.0622 e. The highest BCUT2D eigenvalue weighted by atomic mass is 14.2. The van der Waals surface area contributed by atoms with Crippen LogP contribution in [0, 0.1) is 6.92 Å². The van der Waals surface area contributed by atoms with Gasteiger partial charge in [-0.05, 0) is 83.0 Å². The fraction of sp³-hybridized carbons (Fsp3) is 0.0270. The summed E-state index contributed by atoms with van der Waals surface area (Å²) in [4.78, 5) is 0. The molecule has 8 aromatic carbocycles. The van der Waals surface area contributed by atoms with Crippen molar-refractivity contribution in [2.45, 2.75) is 6.92 Å². The van der Waals surface area contributed by atoms with Crippen LogP contribution in [0.3, 0.4) is 0 Å². The van der Waals surface area contributed by atoms with Crippen molar-refractivity contribution in [2.75, 3.05) is 0 Å². The molecule has 8 rings (SSSR count). The zero-order valence-electron chi connectivity index (χ0n) is 20.6. The van der Waals surface area contributed by atoms with Gasteiger partial charge in [-0.15, -0.1) is 0 Å². The minimum atomic E-state index is 1.26. The Bertz CT molecular complexity index is 2120. The van der Waals surface area contributed by atoms with Gasteiger partial charge in [-0.25, -0.2) is 0 Å². The molecule has 172 valence electrons. The van der Waals surface area contributed by atoms with Crippen LogP contribution >= 0.6 is 0 Å². The van der Waals surface area contributed by atoms with E-state index in [4.69, 9.17) is 0 Å². The fourth-order valence-electron chi connectivity index (χ4n) is 6.45. The number of benzene rings is 8. The summed E-state index contributed by atoms with van der Waals surface area (Å²) in [6, 6.07) is 47.2. The minimum Gasteiger partial charge on any atom is -0.0622 e. The molecule has 0 spiro atoms. The number of rotatable bonds is 2. The molecule has 0 heteroatoms. The van der Waals surface area contributed by atoms with E-state index in [-0.39, 0.29) is 0 Å². The van der Waals surface area contributed by atoms with Crippen LogP contribution in [0.4, 0.5) is 0 Å². The maximum absolute atomic E-state index is 2.36. The Morgan fingerprint density at radius 2 is 0.973 bits per heavy atom. The monoisotopic (exact) mass is 468 g/mol. The van der Waals surface area contributed by atoms with E-state index in [0.717, 1.165) is 0 Å². The second-order valence-electron chi connectivity index (χ2n) is 10.2. The van der Waals surface area contributed by atoms with Crippen molar-refractivity contribution in [1.82, 2.24) is 0 Å². The van der Waals surface area contributed by atoms with Crippen molar-refractivity contribution >= 4 is 53.9 Å². The standard InChI is InChI=1S/C37H24/c1-23-14-19-32-33(22-23)35(24-8-3-2-4-9-24)28-12-5-6-13-29(28)37(32)31-21-18-27-16-15-25-10-7-11-26-17-20-30(31)36(27)34(25)26/h2-22H,1H3. The van der Waals surface area contributed by atoms with Gasteiger partial charge in [0.2, 0.25) is 0 Å². The van der Waals surface area contributed by atoms with Crippen molar-refractivity contribution in [1.29, 1.82) is 0 Å². The molecule has 0 fully saturated rings. The van der Waals surface area contributed by atoms with Crippen molar-refractivity contribution in [3.63, 3.8) is 0 Å². The first-order valence-electron chi connectivity index (χ1n) is 13.0. The first kappa shape index (κ1) is 20.5. The predicted octanol–water partition coefficient (Wildman–Crippen LogP) is 10.5. The van der Waals surface area contributed by atoms with Crippen molar-refractivity contribution in [2.24, 2.45) is 0 Å². The van der Waals surface area contributed by atoms with E-state index in [9.17, 15) is 0 Å². The minimum absolute atomic E-state index is 1.26. The van der Waals surface area contributed by atoms with E-state index in [1.165, 1.54) is 81.7 Å². The van der Waals surface area contributed by atoms with Gasteiger partial charge in [-0.2, -0.15) is 0 Å². The first-order valence-corrected chi connectivity index (χ1v) is 13.0. The molecule has 0 unspecified atom stereocenters. The number of aryl methyl sites for hydroxylation is 1. The molecule has 0 aliphatic carbocycles. The second kappa shape index (κ2) is 7.66. The Hall–Kier alpha value is -4.68. The highest BCUT2D eigenvalue weighted by molar-refractivity contribution is 6.29. The zero-order valence-corrected chi connectivity index (χ0v) is 20.6. The van der Waals surface area contributed by atoms with Crippen LogP contribution in [0.2, 0.25) is 0 Å². The third kappa shape index (κ3) is 2.90. The van der Waals surface area contributed by atoms with Gasteiger partial charge in [0.1, 0.15) is 0 Å². The molecule has 0 nitrogen and oxygen atoms in total. The number of hydrogen-bond donors (Lipinski definition) is 0. The molecule has 37 heavy (non-hydrogen) atoms. The molecule has 0 saturated heterocycles. The lowest BCUT2D eigenvalue weighted by Crippen LogP contribution is -1.93. The quantitative estimate of drug-likeness (QED) is 0.175. The summed E-state index contributed by atoms with van der Waals surface area (Å²) in [7, 11) is 0.